The Hall–Kier alpha value is -1.86. The second-order valence-corrected chi connectivity index (χ2v) is 10.7. The Kier molecular flexibility index (Phi) is 7.24. The third-order valence-electron chi connectivity index (χ3n) is 5.64. The molecule has 162 valence electrons. The van der Waals surface area contributed by atoms with Crippen LogP contribution in [0.4, 0.5) is 5.69 Å². The van der Waals surface area contributed by atoms with Crippen LogP contribution < -0.4 is 9.62 Å². The topological polar surface area (TPSA) is 66.5 Å². The van der Waals surface area contributed by atoms with E-state index in [0.29, 0.717) is 5.69 Å². The summed E-state index contributed by atoms with van der Waals surface area (Å²) in [5, 5.41) is 3.03. The molecule has 0 aliphatic heterocycles. The van der Waals surface area contributed by atoms with Gasteiger partial charge in [-0.2, -0.15) is 0 Å². The minimum absolute atomic E-state index is 0.141. The Morgan fingerprint density at radius 1 is 1.13 bits per heavy atom. The summed E-state index contributed by atoms with van der Waals surface area (Å²) in [7, 11) is -3.60. The zero-order valence-corrected chi connectivity index (χ0v) is 20.1. The highest BCUT2D eigenvalue weighted by Gasteiger charge is 2.23. The van der Waals surface area contributed by atoms with Gasteiger partial charge in [0.15, 0.2) is 0 Å². The zero-order valence-electron chi connectivity index (χ0n) is 17.7. The number of hydrogen-bond donors (Lipinski definition) is 1. The molecule has 1 amide bonds. The smallest absolute Gasteiger partial charge is 0.241 e. The Bertz CT molecular complexity index is 1040. The van der Waals surface area contributed by atoms with E-state index >= 15 is 0 Å². The van der Waals surface area contributed by atoms with Crippen molar-refractivity contribution in [2.24, 2.45) is 0 Å². The third-order valence-corrected chi connectivity index (χ3v) is 7.67. The van der Waals surface area contributed by atoms with Crippen LogP contribution in [0.5, 0.6) is 0 Å². The second kappa shape index (κ2) is 9.52. The quantitative estimate of drug-likeness (QED) is 0.610. The number of amides is 1. The second-order valence-electron chi connectivity index (χ2n) is 7.97. The van der Waals surface area contributed by atoms with Gasteiger partial charge < -0.3 is 5.32 Å². The summed E-state index contributed by atoms with van der Waals surface area (Å²) in [4.78, 5) is 12.8. The average molecular weight is 493 g/mol. The molecule has 0 spiro atoms. The number of carbonyl (C=O) groups excluding carboxylic acids is 1. The van der Waals surface area contributed by atoms with Gasteiger partial charge in [0.2, 0.25) is 15.9 Å². The first-order valence-electron chi connectivity index (χ1n) is 10.3. The van der Waals surface area contributed by atoms with Crippen molar-refractivity contribution in [2.75, 3.05) is 17.1 Å². The fourth-order valence-electron chi connectivity index (χ4n) is 3.95. The molecule has 7 heteroatoms. The third kappa shape index (κ3) is 5.43. The van der Waals surface area contributed by atoms with E-state index in [1.54, 1.807) is 18.2 Å². The van der Waals surface area contributed by atoms with Crippen LogP contribution in [0.15, 0.2) is 40.9 Å². The summed E-state index contributed by atoms with van der Waals surface area (Å²) in [6, 6.07) is 11.6. The molecule has 1 N–H and O–H groups in total. The predicted molar refractivity (Wildman–Crippen MR) is 125 cm³/mol. The van der Waals surface area contributed by atoms with Crippen LogP contribution in [0.25, 0.3) is 0 Å². The number of sulfonamides is 1. The molecule has 0 aromatic heterocycles. The molecule has 1 atom stereocenters. The first kappa shape index (κ1) is 22.8. The molecule has 1 aliphatic carbocycles. The van der Waals surface area contributed by atoms with Crippen LogP contribution in [-0.2, 0) is 27.7 Å². The van der Waals surface area contributed by atoms with Crippen LogP contribution in [0, 0.1) is 6.92 Å². The summed E-state index contributed by atoms with van der Waals surface area (Å²) >= 11 is 3.43. The minimum atomic E-state index is -3.60. The maximum Gasteiger partial charge on any atom is 0.241 e. The first-order chi connectivity index (χ1) is 14.2. The lowest BCUT2D eigenvalue weighted by atomic mass is 9.89. The number of hydrogen-bond acceptors (Lipinski definition) is 3. The van der Waals surface area contributed by atoms with Gasteiger partial charge in [0.05, 0.1) is 18.0 Å². The van der Waals surface area contributed by atoms with Crippen molar-refractivity contribution in [3.63, 3.8) is 0 Å². The molecule has 0 heterocycles. The van der Waals surface area contributed by atoms with Crippen molar-refractivity contribution in [1.82, 2.24) is 5.32 Å². The lowest BCUT2D eigenvalue weighted by Crippen LogP contribution is -2.41. The highest BCUT2D eigenvalue weighted by Crippen LogP contribution is 2.27. The molecular formula is C23H29BrN2O3S. The van der Waals surface area contributed by atoms with Crippen LogP contribution in [-0.4, -0.2) is 27.1 Å². The SMILES string of the molecule is CCC(NC(=O)CN(c1ccc(Br)c(C)c1)S(C)(=O)=O)c1ccc2c(c1)CCCC2. The van der Waals surface area contributed by atoms with Gasteiger partial charge in [0.1, 0.15) is 6.54 Å². The van der Waals surface area contributed by atoms with E-state index in [9.17, 15) is 13.2 Å². The van der Waals surface area contributed by atoms with E-state index in [1.165, 1.54) is 24.0 Å². The highest BCUT2D eigenvalue weighted by molar-refractivity contribution is 9.10. The van der Waals surface area contributed by atoms with Crippen molar-refractivity contribution in [3.8, 4) is 0 Å². The normalized spacial score (nSPS) is 14.7. The molecule has 0 radical (unpaired) electrons. The zero-order chi connectivity index (χ0) is 21.9. The standard InChI is InChI=1S/C23H29BrN2O3S/c1-4-22(19-10-9-17-7-5-6-8-18(17)14-19)25-23(27)15-26(30(3,28)29)20-11-12-21(24)16(2)13-20/h9-14,22H,4-8,15H2,1-3H3,(H,25,27). The van der Waals surface area contributed by atoms with Gasteiger partial charge in [-0.3, -0.25) is 9.10 Å². The largest absolute Gasteiger partial charge is 0.348 e. The van der Waals surface area contributed by atoms with Gasteiger partial charge in [-0.1, -0.05) is 41.1 Å². The number of rotatable bonds is 7. The number of nitrogens with one attached hydrogen (secondary N) is 1. The molecule has 0 saturated carbocycles. The molecule has 5 nitrogen and oxygen atoms in total. The molecule has 30 heavy (non-hydrogen) atoms. The monoisotopic (exact) mass is 492 g/mol. The Morgan fingerprint density at radius 3 is 2.47 bits per heavy atom. The summed E-state index contributed by atoms with van der Waals surface area (Å²) in [6.07, 6.45) is 6.50. The Morgan fingerprint density at radius 2 is 1.83 bits per heavy atom. The van der Waals surface area contributed by atoms with Gasteiger partial charge in [0, 0.05) is 4.47 Å². The van der Waals surface area contributed by atoms with Crippen molar-refractivity contribution in [3.05, 3.63) is 63.1 Å². The predicted octanol–water partition coefficient (Wildman–Crippen LogP) is 4.67. The van der Waals surface area contributed by atoms with E-state index in [0.717, 1.165) is 45.4 Å². The van der Waals surface area contributed by atoms with Gasteiger partial charge in [-0.05, 0) is 79.5 Å². The van der Waals surface area contributed by atoms with Gasteiger partial charge >= 0.3 is 0 Å². The van der Waals surface area contributed by atoms with Crippen LogP contribution in [0.1, 0.15) is 54.5 Å². The van der Waals surface area contributed by atoms with Crippen molar-refractivity contribution in [1.29, 1.82) is 0 Å². The number of halogens is 1. The Balaban J connectivity index is 1.77. The first-order valence-corrected chi connectivity index (χ1v) is 13.0. The average Bonchev–Trinajstić information content (AvgIpc) is 2.71. The number of aryl methyl sites for hydroxylation is 3. The van der Waals surface area contributed by atoms with E-state index in [2.05, 4.69) is 39.4 Å². The van der Waals surface area contributed by atoms with Gasteiger partial charge in [0.25, 0.3) is 0 Å². The number of benzene rings is 2. The van der Waals surface area contributed by atoms with Gasteiger partial charge in [-0.15, -0.1) is 0 Å². The minimum Gasteiger partial charge on any atom is -0.348 e. The Labute approximate surface area is 188 Å². The molecule has 0 fully saturated rings. The summed E-state index contributed by atoms with van der Waals surface area (Å²) in [5.41, 5.74) is 5.24. The maximum atomic E-state index is 12.8. The molecule has 1 aliphatic rings. The molecule has 2 aromatic rings. The number of carbonyl (C=O) groups is 1. The van der Waals surface area contributed by atoms with E-state index < -0.39 is 10.0 Å². The number of nitrogens with zero attached hydrogens (tertiary/aromatic N) is 1. The summed E-state index contributed by atoms with van der Waals surface area (Å²) in [6.45, 7) is 3.66. The van der Waals surface area contributed by atoms with E-state index in [4.69, 9.17) is 0 Å². The lowest BCUT2D eigenvalue weighted by Gasteiger charge is -2.25. The van der Waals surface area contributed by atoms with Crippen LogP contribution in [0.3, 0.4) is 0 Å². The van der Waals surface area contributed by atoms with Gasteiger partial charge in [-0.25, -0.2) is 8.42 Å². The molecular weight excluding hydrogens is 464 g/mol. The summed E-state index contributed by atoms with van der Waals surface area (Å²) in [5.74, 6) is -0.314. The molecule has 2 aromatic carbocycles. The highest BCUT2D eigenvalue weighted by atomic mass is 79.9. The van der Waals surface area contributed by atoms with E-state index in [1.807, 2.05) is 13.8 Å². The molecule has 3 rings (SSSR count). The molecule has 0 saturated heterocycles. The summed E-state index contributed by atoms with van der Waals surface area (Å²) < 4.78 is 26.8. The fourth-order valence-corrected chi connectivity index (χ4v) is 5.04. The van der Waals surface area contributed by atoms with Crippen LogP contribution >= 0.6 is 15.9 Å². The van der Waals surface area contributed by atoms with Crippen molar-refractivity contribution >= 4 is 37.5 Å². The van der Waals surface area contributed by atoms with E-state index in [-0.39, 0.29) is 18.5 Å². The number of anilines is 1. The number of fused-ring (bicyclic) bond motifs is 1. The molecule has 1 unspecified atom stereocenters. The van der Waals surface area contributed by atoms with Crippen LogP contribution in [0.2, 0.25) is 0 Å². The lowest BCUT2D eigenvalue weighted by molar-refractivity contribution is -0.120. The molecule has 0 bridgehead atoms. The van der Waals surface area contributed by atoms with Crippen molar-refractivity contribution in [2.45, 2.75) is 52.0 Å². The van der Waals surface area contributed by atoms with Crippen molar-refractivity contribution < 1.29 is 13.2 Å². The fraction of sp³-hybridized carbons (Fsp3) is 0.435. The maximum absolute atomic E-state index is 12.8.